The van der Waals surface area contributed by atoms with Crippen molar-refractivity contribution in [2.45, 2.75) is 68.3 Å². The van der Waals surface area contributed by atoms with Crippen molar-refractivity contribution < 1.29 is 71.5 Å². The molecule has 10 atom stereocenters. The molecule has 10 N–H and O–H groups in total. The van der Waals surface area contributed by atoms with Crippen LogP contribution < -0.4 is 20.9 Å². The number of piperidine rings is 1. The Morgan fingerprint density at radius 3 is 2.26 bits per heavy atom. The van der Waals surface area contributed by atoms with Gasteiger partial charge in [-0.15, -0.1) is 0 Å². The standard InChI is InChI=1S/C26H36N8O14P2/c27-21-16-23(30-12-29-21)34(26(31-16)32-6-2-1-3-7-32)25-20(38)18(36)15(47-25)11-45-50(42,43)48-49(40,41)44-10-14-17(35)19(37)24(46-14)33-8-4-5-13(9-33)22(28)39/h4-5,8-9,12,14-15,17-20,24-25,35-38H,1-3,6-7,10-11H2,(H5-,27,28,29,30,39,40,41,42,43)/p+1. The quantitative estimate of drug-likeness (QED) is 0.0732. The average molecular weight is 748 g/mol. The minimum Gasteiger partial charge on any atom is -0.387 e. The van der Waals surface area contributed by atoms with Gasteiger partial charge in [-0.3, -0.25) is 18.4 Å². The largest absolute Gasteiger partial charge is 0.481 e. The number of aromatic nitrogens is 5. The monoisotopic (exact) mass is 747 g/mol. The first kappa shape index (κ1) is 36.6. The van der Waals surface area contributed by atoms with Crippen molar-refractivity contribution in [2.24, 2.45) is 5.73 Å². The molecule has 24 heteroatoms. The molecule has 6 rings (SSSR count). The summed E-state index contributed by atoms with van der Waals surface area (Å²) in [6, 6.07) is 2.85. The molecule has 0 radical (unpaired) electrons. The summed E-state index contributed by atoms with van der Waals surface area (Å²) >= 11 is 0. The van der Waals surface area contributed by atoms with Gasteiger partial charge in [-0.05, 0) is 25.3 Å². The first-order valence-corrected chi connectivity index (χ1v) is 18.4. The Kier molecular flexibility index (Phi) is 10.6. The van der Waals surface area contributed by atoms with Crippen molar-refractivity contribution in [1.82, 2.24) is 19.5 Å². The molecule has 10 unspecified atom stereocenters. The van der Waals surface area contributed by atoms with Gasteiger partial charge < -0.3 is 56.1 Å². The van der Waals surface area contributed by atoms with E-state index in [9.17, 15) is 44.1 Å². The second-order valence-corrected chi connectivity index (χ2v) is 14.9. The van der Waals surface area contributed by atoms with E-state index in [-0.39, 0.29) is 22.5 Å². The van der Waals surface area contributed by atoms with Crippen molar-refractivity contribution in [1.29, 1.82) is 0 Å². The van der Waals surface area contributed by atoms with Gasteiger partial charge in [0.2, 0.25) is 5.95 Å². The summed E-state index contributed by atoms with van der Waals surface area (Å²) in [5, 5.41) is 42.7. The molecular formula is C26H37N8O14P2+. The van der Waals surface area contributed by atoms with Gasteiger partial charge in [0.25, 0.3) is 12.1 Å². The third kappa shape index (κ3) is 7.53. The fourth-order valence-electron chi connectivity index (χ4n) is 5.97. The summed E-state index contributed by atoms with van der Waals surface area (Å²) in [7, 11) is -10.8. The maximum absolute atomic E-state index is 12.7. The maximum atomic E-state index is 12.7. The first-order valence-electron chi connectivity index (χ1n) is 15.4. The fourth-order valence-corrected chi connectivity index (χ4v) is 8.06. The minimum absolute atomic E-state index is 0.0715. The number of hydrogen-bond donors (Lipinski definition) is 8. The van der Waals surface area contributed by atoms with E-state index >= 15 is 0 Å². The molecular weight excluding hydrogens is 710 g/mol. The van der Waals surface area contributed by atoms with E-state index in [0.29, 0.717) is 19.0 Å². The molecule has 3 saturated heterocycles. The molecule has 3 aromatic rings. The van der Waals surface area contributed by atoms with Crippen LogP contribution >= 0.6 is 15.6 Å². The number of hydrogen-bond acceptors (Lipinski definition) is 17. The number of phosphoric ester groups is 2. The number of aliphatic hydroxyl groups is 4. The Morgan fingerprint density at radius 1 is 0.960 bits per heavy atom. The molecule has 1 amide bonds. The highest BCUT2D eigenvalue weighted by Crippen LogP contribution is 2.60. The number of ether oxygens (including phenoxy) is 2. The van der Waals surface area contributed by atoms with Gasteiger partial charge in [0.15, 0.2) is 41.7 Å². The van der Waals surface area contributed by atoms with E-state index < -0.39 is 83.8 Å². The predicted octanol–water partition coefficient (Wildman–Crippen LogP) is -2.03. The van der Waals surface area contributed by atoms with Crippen LogP contribution in [0.4, 0.5) is 11.8 Å². The van der Waals surface area contributed by atoms with Gasteiger partial charge in [0.05, 0.1) is 13.2 Å². The number of carbonyl (C=O) groups is 1. The van der Waals surface area contributed by atoms with Crippen LogP contribution in [0.5, 0.6) is 0 Å². The number of nitrogen functional groups attached to an aromatic ring is 1. The Labute approximate surface area is 283 Å². The molecule has 3 aromatic heterocycles. The molecule has 0 saturated carbocycles. The van der Waals surface area contributed by atoms with E-state index in [4.69, 9.17) is 30.0 Å². The lowest BCUT2D eigenvalue weighted by Gasteiger charge is -2.30. The van der Waals surface area contributed by atoms with Gasteiger partial charge in [-0.2, -0.15) is 8.88 Å². The highest BCUT2D eigenvalue weighted by Gasteiger charge is 2.50. The molecule has 0 spiro atoms. The number of anilines is 2. The summed E-state index contributed by atoms with van der Waals surface area (Å²) in [5.74, 6) is -0.333. The number of fused-ring (bicyclic) bond motifs is 1. The van der Waals surface area contributed by atoms with Gasteiger partial charge in [0, 0.05) is 19.2 Å². The molecule has 3 aliphatic rings. The summed E-state index contributed by atoms with van der Waals surface area (Å²) in [6.45, 7) is -0.520. The van der Waals surface area contributed by atoms with Gasteiger partial charge in [-0.25, -0.2) is 24.1 Å². The van der Waals surface area contributed by atoms with Gasteiger partial charge in [-0.1, -0.05) is 0 Å². The smallest absolute Gasteiger partial charge is 0.387 e. The van der Waals surface area contributed by atoms with Crippen LogP contribution in [0.2, 0.25) is 0 Å². The lowest BCUT2D eigenvalue weighted by Crippen LogP contribution is -2.46. The molecule has 274 valence electrons. The van der Waals surface area contributed by atoms with Crippen LogP contribution in [0.1, 0.15) is 42.1 Å². The molecule has 50 heavy (non-hydrogen) atoms. The topological polar surface area (TPSA) is 322 Å². The summed E-state index contributed by atoms with van der Waals surface area (Å²) in [6.07, 6.45) is -5.34. The third-order valence-electron chi connectivity index (χ3n) is 8.47. The van der Waals surface area contributed by atoms with E-state index in [1.54, 1.807) is 0 Å². The average Bonchev–Trinajstić information content (AvgIpc) is 3.70. The number of primary amides is 1. The minimum atomic E-state index is -5.41. The second-order valence-electron chi connectivity index (χ2n) is 11.9. The second kappa shape index (κ2) is 14.4. The van der Waals surface area contributed by atoms with Crippen LogP contribution in [-0.4, -0.2) is 119 Å². The lowest BCUT2D eigenvalue weighted by atomic mass is 10.1. The van der Waals surface area contributed by atoms with Crippen molar-refractivity contribution in [3.05, 3.63) is 36.4 Å². The van der Waals surface area contributed by atoms with E-state index in [2.05, 4.69) is 19.3 Å². The Morgan fingerprint density at radius 2 is 1.60 bits per heavy atom. The van der Waals surface area contributed by atoms with Crippen molar-refractivity contribution in [3.63, 3.8) is 0 Å². The van der Waals surface area contributed by atoms with E-state index in [0.717, 1.165) is 19.3 Å². The number of imidazole rings is 1. The normalized spacial score (nSPS) is 31.1. The number of rotatable bonds is 12. The highest BCUT2D eigenvalue weighted by molar-refractivity contribution is 7.61. The number of nitrogens with zero attached hydrogens (tertiary/aromatic N) is 6. The zero-order valence-electron chi connectivity index (χ0n) is 26.1. The van der Waals surface area contributed by atoms with Crippen LogP contribution in [0.15, 0.2) is 30.9 Å². The molecule has 22 nitrogen and oxygen atoms in total. The Bertz CT molecular complexity index is 1810. The van der Waals surface area contributed by atoms with Crippen LogP contribution in [0.25, 0.3) is 11.2 Å². The Balaban J connectivity index is 1.08. The molecule has 0 bridgehead atoms. The fraction of sp³-hybridized carbons (Fsp3) is 0.577. The van der Waals surface area contributed by atoms with Gasteiger partial charge in [0.1, 0.15) is 42.4 Å². The van der Waals surface area contributed by atoms with Crippen LogP contribution in [-0.2, 0) is 32.0 Å². The molecule has 0 aromatic carbocycles. The van der Waals surface area contributed by atoms with Crippen LogP contribution in [0, 0.1) is 0 Å². The summed E-state index contributed by atoms with van der Waals surface area (Å²) in [5.41, 5.74) is 11.8. The SMILES string of the molecule is NC(=O)c1ccc[n+](C2OC(COP(=O)(O)OP(=O)(O)OCC3OC(n4c(N5CCCCC5)nc5c(N)ncnc54)C(O)C3O)C(O)C2O)c1. The van der Waals surface area contributed by atoms with Crippen LogP contribution in [0.3, 0.4) is 0 Å². The number of pyridine rings is 1. The first-order chi connectivity index (χ1) is 23.7. The van der Waals surface area contributed by atoms with Gasteiger partial charge >= 0.3 is 15.6 Å². The predicted molar refractivity (Wildman–Crippen MR) is 165 cm³/mol. The number of nitrogens with two attached hydrogens (primary N) is 2. The number of phosphoric acid groups is 2. The molecule has 0 aliphatic carbocycles. The van der Waals surface area contributed by atoms with E-state index in [1.165, 1.54) is 40.0 Å². The zero-order valence-corrected chi connectivity index (χ0v) is 27.9. The zero-order chi connectivity index (χ0) is 36.0. The Hall–Kier alpha value is -3.21. The maximum Gasteiger partial charge on any atom is 0.481 e. The molecule has 3 fully saturated rings. The number of aliphatic hydroxyl groups excluding tert-OH is 4. The van der Waals surface area contributed by atoms with Crippen molar-refractivity contribution >= 4 is 44.5 Å². The lowest BCUT2D eigenvalue weighted by molar-refractivity contribution is -0.765. The highest BCUT2D eigenvalue weighted by atomic mass is 31.3. The van der Waals surface area contributed by atoms with E-state index in [1.807, 2.05) is 4.90 Å². The molecule has 6 heterocycles. The van der Waals surface area contributed by atoms with Crippen molar-refractivity contribution in [3.8, 4) is 0 Å². The summed E-state index contributed by atoms with van der Waals surface area (Å²) < 4.78 is 53.3. The third-order valence-corrected chi connectivity index (χ3v) is 11.1. The van der Waals surface area contributed by atoms with Crippen molar-refractivity contribution in [2.75, 3.05) is 36.9 Å². The number of carbonyl (C=O) groups excluding carboxylic acids is 1. The molecule has 3 aliphatic heterocycles. The summed E-state index contributed by atoms with van der Waals surface area (Å²) in [4.78, 5) is 46.6. The number of amides is 1.